The fourth-order valence-electron chi connectivity index (χ4n) is 3.26. The molecule has 0 aromatic heterocycles. The van der Waals surface area contributed by atoms with E-state index in [-0.39, 0.29) is 5.78 Å². The van der Waals surface area contributed by atoms with Gasteiger partial charge in [0.15, 0.2) is 5.78 Å². The fraction of sp³-hybridized carbons (Fsp3) is 0.211. The number of rotatable bonds is 1. The molecule has 2 nitrogen and oxygen atoms in total. The molecule has 0 saturated heterocycles. The van der Waals surface area contributed by atoms with Crippen molar-refractivity contribution in [2.24, 2.45) is 0 Å². The molecule has 1 heterocycles. The lowest BCUT2D eigenvalue weighted by Gasteiger charge is -2.26. The summed E-state index contributed by atoms with van der Waals surface area (Å²) in [5.74, 6) is 0.842. The minimum Gasteiger partial charge on any atom is -0.482 e. The van der Waals surface area contributed by atoms with Crippen molar-refractivity contribution in [2.45, 2.75) is 25.9 Å². The molecular formula is C19H16O2. The first-order chi connectivity index (χ1) is 10.0. The van der Waals surface area contributed by atoms with Gasteiger partial charge in [0.25, 0.3) is 0 Å². The lowest BCUT2D eigenvalue weighted by atomic mass is 9.83. The molecule has 0 radical (unpaired) electrons. The Bertz CT molecular complexity index is 852. The van der Waals surface area contributed by atoms with Gasteiger partial charge in [0.2, 0.25) is 0 Å². The van der Waals surface area contributed by atoms with Crippen molar-refractivity contribution in [3.8, 4) is 0 Å². The zero-order chi connectivity index (χ0) is 14.8. The van der Waals surface area contributed by atoms with Crippen LogP contribution < -0.4 is 0 Å². The van der Waals surface area contributed by atoms with E-state index in [2.05, 4.69) is 6.58 Å². The highest BCUT2D eigenvalue weighted by Crippen LogP contribution is 2.48. The van der Waals surface area contributed by atoms with Crippen LogP contribution in [0.25, 0.3) is 16.5 Å². The first-order valence-electron chi connectivity index (χ1n) is 7.16. The van der Waals surface area contributed by atoms with Gasteiger partial charge in [0.1, 0.15) is 11.4 Å². The smallest absolute Gasteiger partial charge is 0.193 e. The van der Waals surface area contributed by atoms with Gasteiger partial charge in [-0.25, -0.2) is 0 Å². The van der Waals surface area contributed by atoms with Crippen LogP contribution in [-0.2, 0) is 4.74 Å². The number of hydrogen-bond acceptors (Lipinski definition) is 2. The number of ether oxygens (including phenoxy) is 1. The number of benzene rings is 2. The van der Waals surface area contributed by atoms with Crippen molar-refractivity contribution in [1.29, 1.82) is 0 Å². The second kappa shape index (κ2) is 3.85. The highest BCUT2D eigenvalue weighted by Gasteiger charge is 2.43. The van der Waals surface area contributed by atoms with Crippen LogP contribution in [0.4, 0.5) is 0 Å². The third-order valence-electron chi connectivity index (χ3n) is 4.69. The normalized spacial score (nSPS) is 23.2. The Kier molecular flexibility index (Phi) is 2.27. The minimum absolute atomic E-state index is 0.0966. The molecule has 1 atom stereocenters. The van der Waals surface area contributed by atoms with Crippen LogP contribution in [0, 0.1) is 0 Å². The molecule has 0 spiro atoms. The molecule has 2 aromatic rings. The molecule has 2 aliphatic rings. The number of carbonyl (C=O) groups is 1. The summed E-state index contributed by atoms with van der Waals surface area (Å²) in [6, 6.07) is 12.0. The number of carbonyl (C=O) groups excluding carboxylic acids is 1. The van der Waals surface area contributed by atoms with Crippen LogP contribution in [0.3, 0.4) is 0 Å². The van der Waals surface area contributed by atoms with Gasteiger partial charge in [-0.1, -0.05) is 43.0 Å². The lowest BCUT2D eigenvalue weighted by Crippen LogP contribution is -2.25. The summed E-state index contributed by atoms with van der Waals surface area (Å²) in [5.41, 5.74) is 3.07. The van der Waals surface area contributed by atoms with E-state index in [0.717, 1.165) is 38.8 Å². The van der Waals surface area contributed by atoms with Crippen molar-refractivity contribution in [2.75, 3.05) is 0 Å². The monoisotopic (exact) mass is 276 g/mol. The van der Waals surface area contributed by atoms with Crippen LogP contribution >= 0.6 is 0 Å². The van der Waals surface area contributed by atoms with Crippen LogP contribution in [0.15, 0.2) is 54.1 Å². The van der Waals surface area contributed by atoms with E-state index in [1.54, 1.807) is 0 Å². The summed E-state index contributed by atoms with van der Waals surface area (Å²) >= 11 is 0. The Morgan fingerprint density at radius 2 is 1.86 bits per heavy atom. The number of hydrogen-bond donors (Lipinski definition) is 0. The molecule has 1 aliphatic heterocycles. The average Bonchev–Trinajstić information content (AvgIpc) is 2.84. The van der Waals surface area contributed by atoms with E-state index in [1.807, 2.05) is 50.2 Å². The summed E-state index contributed by atoms with van der Waals surface area (Å²) in [4.78, 5) is 12.8. The van der Waals surface area contributed by atoms with Gasteiger partial charge in [0, 0.05) is 28.5 Å². The van der Waals surface area contributed by atoms with Crippen molar-refractivity contribution >= 4 is 22.3 Å². The Hall–Kier alpha value is -2.35. The van der Waals surface area contributed by atoms with E-state index in [0.29, 0.717) is 6.42 Å². The second-order valence-corrected chi connectivity index (χ2v) is 6.14. The summed E-state index contributed by atoms with van der Waals surface area (Å²) in [5, 5.41) is 2.09. The molecule has 0 bridgehead atoms. The van der Waals surface area contributed by atoms with Crippen LogP contribution in [0.1, 0.15) is 36.2 Å². The number of ketones is 1. The predicted molar refractivity (Wildman–Crippen MR) is 84.1 cm³/mol. The summed E-state index contributed by atoms with van der Waals surface area (Å²) in [7, 11) is 0. The molecule has 0 saturated carbocycles. The van der Waals surface area contributed by atoms with Crippen molar-refractivity contribution < 1.29 is 9.53 Å². The molecule has 2 heteroatoms. The molecule has 21 heavy (non-hydrogen) atoms. The zero-order valence-corrected chi connectivity index (χ0v) is 12.2. The maximum absolute atomic E-state index is 12.8. The topological polar surface area (TPSA) is 26.3 Å². The Labute approximate surface area is 123 Å². The lowest BCUT2D eigenvalue weighted by molar-refractivity contribution is 0.102. The van der Waals surface area contributed by atoms with Gasteiger partial charge in [0.05, 0.1) is 0 Å². The number of fused-ring (bicyclic) bond motifs is 1. The van der Waals surface area contributed by atoms with Crippen molar-refractivity contribution in [3.05, 3.63) is 65.3 Å². The Morgan fingerprint density at radius 1 is 1.19 bits per heavy atom. The minimum atomic E-state index is -0.482. The maximum atomic E-state index is 12.8. The molecular weight excluding hydrogens is 260 g/mol. The van der Waals surface area contributed by atoms with Crippen LogP contribution in [0.2, 0.25) is 0 Å². The van der Waals surface area contributed by atoms with E-state index in [9.17, 15) is 4.79 Å². The standard InChI is InChI=1S/C19H16O2/c1-11(2)19(3)10-15-17(20)13-8-4-6-12-7-5-9-14(16(12)13)18(15)21-19/h4-9H,1,10H2,2-3H3. The highest BCUT2D eigenvalue weighted by atomic mass is 16.5. The zero-order valence-electron chi connectivity index (χ0n) is 12.2. The molecule has 1 aliphatic carbocycles. The molecule has 104 valence electrons. The van der Waals surface area contributed by atoms with E-state index in [1.165, 1.54) is 0 Å². The summed E-state index contributed by atoms with van der Waals surface area (Å²) < 4.78 is 6.19. The van der Waals surface area contributed by atoms with Gasteiger partial charge in [-0.3, -0.25) is 4.79 Å². The summed E-state index contributed by atoms with van der Waals surface area (Å²) in [6.07, 6.45) is 0.598. The maximum Gasteiger partial charge on any atom is 0.193 e. The number of Topliss-reactive ketones (excluding diaryl/α,β-unsaturated/α-hetero) is 1. The first-order valence-corrected chi connectivity index (χ1v) is 7.16. The highest BCUT2D eigenvalue weighted by molar-refractivity contribution is 6.24. The molecule has 0 amide bonds. The molecule has 0 N–H and O–H groups in total. The predicted octanol–water partition coefficient (Wildman–Crippen LogP) is 4.50. The largest absolute Gasteiger partial charge is 0.482 e. The van der Waals surface area contributed by atoms with Gasteiger partial charge in [-0.05, 0) is 24.8 Å². The Morgan fingerprint density at radius 3 is 2.52 bits per heavy atom. The molecule has 2 aromatic carbocycles. The molecule has 1 unspecified atom stereocenters. The van der Waals surface area contributed by atoms with Gasteiger partial charge in [-0.2, -0.15) is 0 Å². The SMILES string of the molecule is C=C(C)C1(C)CC2=C(O1)c1cccc3cccc(c13)C2=O. The summed E-state index contributed by atoms with van der Waals surface area (Å²) in [6.45, 7) is 7.99. The van der Waals surface area contributed by atoms with Crippen molar-refractivity contribution in [1.82, 2.24) is 0 Å². The third kappa shape index (κ3) is 1.50. The second-order valence-electron chi connectivity index (χ2n) is 6.14. The van der Waals surface area contributed by atoms with E-state index >= 15 is 0 Å². The quantitative estimate of drug-likeness (QED) is 0.717. The van der Waals surface area contributed by atoms with Gasteiger partial charge < -0.3 is 4.74 Å². The molecule has 0 fully saturated rings. The fourth-order valence-corrected chi connectivity index (χ4v) is 3.26. The van der Waals surface area contributed by atoms with Crippen LogP contribution in [-0.4, -0.2) is 11.4 Å². The van der Waals surface area contributed by atoms with Gasteiger partial charge in [-0.15, -0.1) is 0 Å². The Balaban J connectivity index is 2.01. The van der Waals surface area contributed by atoms with E-state index in [4.69, 9.17) is 4.74 Å². The van der Waals surface area contributed by atoms with Gasteiger partial charge >= 0.3 is 0 Å². The average molecular weight is 276 g/mol. The molecule has 4 rings (SSSR count). The van der Waals surface area contributed by atoms with E-state index < -0.39 is 5.60 Å². The van der Waals surface area contributed by atoms with Crippen LogP contribution in [0.5, 0.6) is 0 Å². The first kappa shape index (κ1) is 12.4. The van der Waals surface area contributed by atoms with Crippen molar-refractivity contribution in [3.63, 3.8) is 0 Å². The third-order valence-corrected chi connectivity index (χ3v) is 4.69.